The minimum Gasteiger partial charge on any atom is -0.497 e. The lowest BCUT2D eigenvalue weighted by molar-refractivity contribution is -0.115. The van der Waals surface area contributed by atoms with E-state index in [0.29, 0.717) is 0 Å². The normalized spacial score (nSPS) is 8.56. The van der Waals surface area contributed by atoms with E-state index in [9.17, 15) is 4.79 Å². The molecule has 4 nitrogen and oxygen atoms in total. The Kier molecular flexibility index (Phi) is 6.76. The molecule has 4 heteroatoms. The molecule has 90 valence electrons. The maximum atomic E-state index is 9.43. The Labute approximate surface area is 96.8 Å². The highest BCUT2D eigenvalue weighted by Crippen LogP contribution is 2.22. The summed E-state index contributed by atoms with van der Waals surface area (Å²) < 4.78 is 10.1. The molecule has 0 radical (unpaired) electrons. The number of amides is 1. The Bertz CT molecular complexity index is 324. The van der Waals surface area contributed by atoms with Gasteiger partial charge >= 0.3 is 0 Å². The monoisotopic (exact) mass is 225 g/mol. The number of hydrogen-bond acceptors (Lipinski definition) is 3. The van der Waals surface area contributed by atoms with Crippen molar-refractivity contribution in [2.45, 2.75) is 6.92 Å². The summed E-state index contributed by atoms with van der Waals surface area (Å²) >= 11 is 0. The Morgan fingerprint density at radius 2 is 1.75 bits per heavy atom. The third kappa shape index (κ3) is 5.24. The lowest BCUT2D eigenvalue weighted by Gasteiger charge is -2.05. The van der Waals surface area contributed by atoms with Gasteiger partial charge < -0.3 is 14.4 Å². The summed E-state index contributed by atoms with van der Waals surface area (Å²) in [5.74, 6) is 1.69. The second-order valence-corrected chi connectivity index (χ2v) is 3.40. The summed E-state index contributed by atoms with van der Waals surface area (Å²) in [5.41, 5.74) is 1.12. The van der Waals surface area contributed by atoms with Crippen LogP contribution in [0.4, 0.5) is 0 Å². The highest BCUT2D eigenvalue weighted by atomic mass is 16.5. The zero-order valence-electron chi connectivity index (χ0n) is 10.5. The maximum Gasteiger partial charge on any atom is 0.209 e. The standard InChI is InChI=1S/C9H12O2.C3H7NO/c1-7-4-5-8(10-2)6-9(7)11-3;1-4(2)3-5/h4-6H,1-3H3;3H,1-2H3. The first-order valence-corrected chi connectivity index (χ1v) is 4.85. The van der Waals surface area contributed by atoms with Gasteiger partial charge in [0.2, 0.25) is 6.41 Å². The number of carbonyl (C=O) groups excluding carboxylic acids is 1. The molecule has 0 bridgehead atoms. The second-order valence-electron chi connectivity index (χ2n) is 3.40. The summed E-state index contributed by atoms with van der Waals surface area (Å²) in [6.45, 7) is 2.00. The van der Waals surface area contributed by atoms with Gasteiger partial charge in [-0.25, -0.2) is 0 Å². The number of nitrogens with zero attached hydrogens (tertiary/aromatic N) is 1. The van der Waals surface area contributed by atoms with Crippen LogP contribution >= 0.6 is 0 Å². The van der Waals surface area contributed by atoms with Crippen LogP contribution < -0.4 is 9.47 Å². The first-order valence-electron chi connectivity index (χ1n) is 4.85. The SMILES string of the molecule is CN(C)C=O.COc1ccc(C)c(OC)c1. The molecular formula is C12H19NO3. The molecule has 0 aromatic heterocycles. The van der Waals surface area contributed by atoms with E-state index in [1.54, 1.807) is 28.3 Å². The van der Waals surface area contributed by atoms with Crippen molar-refractivity contribution >= 4 is 6.41 Å². The molecule has 0 spiro atoms. The van der Waals surface area contributed by atoms with Crippen LogP contribution in [0.1, 0.15) is 5.56 Å². The number of ether oxygens (including phenoxy) is 2. The molecule has 1 aromatic rings. The van der Waals surface area contributed by atoms with Gasteiger partial charge in [0, 0.05) is 20.2 Å². The van der Waals surface area contributed by atoms with Crippen LogP contribution in [0.15, 0.2) is 18.2 Å². The Morgan fingerprint density at radius 1 is 1.19 bits per heavy atom. The van der Waals surface area contributed by atoms with Crippen LogP contribution in [0.2, 0.25) is 0 Å². The van der Waals surface area contributed by atoms with Gasteiger partial charge in [0.05, 0.1) is 14.2 Å². The third-order valence-corrected chi connectivity index (χ3v) is 1.83. The van der Waals surface area contributed by atoms with Gasteiger partial charge in [-0.3, -0.25) is 4.79 Å². The first kappa shape index (κ1) is 14.3. The Hall–Kier alpha value is -1.71. The number of benzene rings is 1. The molecule has 16 heavy (non-hydrogen) atoms. The van der Waals surface area contributed by atoms with Crippen molar-refractivity contribution in [1.29, 1.82) is 0 Å². The fourth-order valence-electron chi connectivity index (χ4n) is 0.927. The minimum absolute atomic E-state index is 0.750. The minimum atomic E-state index is 0.750. The molecule has 0 aliphatic carbocycles. The number of aryl methyl sites for hydroxylation is 1. The zero-order chi connectivity index (χ0) is 12.6. The van der Waals surface area contributed by atoms with Gasteiger partial charge in [-0.1, -0.05) is 6.07 Å². The van der Waals surface area contributed by atoms with E-state index in [-0.39, 0.29) is 0 Å². The average molecular weight is 225 g/mol. The van der Waals surface area contributed by atoms with Crippen molar-refractivity contribution in [3.05, 3.63) is 23.8 Å². The van der Waals surface area contributed by atoms with Crippen molar-refractivity contribution < 1.29 is 14.3 Å². The molecule has 1 rings (SSSR count). The van der Waals surface area contributed by atoms with Gasteiger partial charge in [-0.15, -0.1) is 0 Å². The van der Waals surface area contributed by atoms with E-state index in [1.165, 1.54) is 4.90 Å². The van der Waals surface area contributed by atoms with Crippen LogP contribution in [0.5, 0.6) is 11.5 Å². The zero-order valence-corrected chi connectivity index (χ0v) is 10.5. The highest BCUT2D eigenvalue weighted by molar-refractivity contribution is 5.45. The third-order valence-electron chi connectivity index (χ3n) is 1.83. The molecule has 0 fully saturated rings. The molecular weight excluding hydrogens is 206 g/mol. The fourth-order valence-corrected chi connectivity index (χ4v) is 0.927. The van der Waals surface area contributed by atoms with Gasteiger partial charge in [-0.2, -0.15) is 0 Å². The van der Waals surface area contributed by atoms with E-state index in [2.05, 4.69) is 0 Å². The molecule has 0 aliphatic heterocycles. The lowest BCUT2D eigenvalue weighted by Crippen LogP contribution is -2.06. The van der Waals surface area contributed by atoms with Gasteiger partial charge in [0.1, 0.15) is 11.5 Å². The molecule has 1 aromatic carbocycles. The molecule has 0 N–H and O–H groups in total. The van der Waals surface area contributed by atoms with Gasteiger partial charge in [-0.05, 0) is 18.6 Å². The molecule has 1 amide bonds. The van der Waals surface area contributed by atoms with Crippen molar-refractivity contribution in [2.75, 3.05) is 28.3 Å². The molecule has 0 saturated heterocycles. The van der Waals surface area contributed by atoms with Crippen molar-refractivity contribution in [3.8, 4) is 11.5 Å². The predicted octanol–water partition coefficient (Wildman–Crippen LogP) is 1.72. The van der Waals surface area contributed by atoms with E-state index >= 15 is 0 Å². The summed E-state index contributed by atoms with van der Waals surface area (Å²) in [4.78, 5) is 10.9. The molecule has 0 aliphatic rings. The molecule has 0 saturated carbocycles. The van der Waals surface area contributed by atoms with E-state index in [0.717, 1.165) is 23.5 Å². The Morgan fingerprint density at radius 3 is 2.12 bits per heavy atom. The van der Waals surface area contributed by atoms with Crippen LogP contribution in [0.25, 0.3) is 0 Å². The van der Waals surface area contributed by atoms with E-state index in [1.807, 2.05) is 25.1 Å². The largest absolute Gasteiger partial charge is 0.497 e. The van der Waals surface area contributed by atoms with Crippen LogP contribution in [0, 0.1) is 6.92 Å². The van der Waals surface area contributed by atoms with Crippen LogP contribution in [0.3, 0.4) is 0 Å². The quantitative estimate of drug-likeness (QED) is 0.735. The fraction of sp³-hybridized carbons (Fsp3) is 0.417. The summed E-state index contributed by atoms with van der Waals surface area (Å²) in [7, 11) is 6.67. The summed E-state index contributed by atoms with van der Waals surface area (Å²) in [6.07, 6.45) is 0.750. The number of methoxy groups -OCH3 is 2. The smallest absolute Gasteiger partial charge is 0.209 e. The number of rotatable bonds is 3. The van der Waals surface area contributed by atoms with E-state index in [4.69, 9.17) is 9.47 Å². The van der Waals surface area contributed by atoms with Crippen molar-refractivity contribution in [2.24, 2.45) is 0 Å². The first-order chi connectivity index (χ1) is 7.54. The number of hydrogen-bond donors (Lipinski definition) is 0. The summed E-state index contributed by atoms with van der Waals surface area (Å²) in [6, 6.07) is 5.75. The maximum absolute atomic E-state index is 9.43. The lowest BCUT2D eigenvalue weighted by atomic mass is 10.2. The van der Waals surface area contributed by atoms with Crippen LogP contribution in [-0.2, 0) is 4.79 Å². The average Bonchev–Trinajstić information content (AvgIpc) is 2.30. The molecule has 0 unspecified atom stereocenters. The topological polar surface area (TPSA) is 38.8 Å². The summed E-state index contributed by atoms with van der Waals surface area (Å²) in [5, 5.41) is 0. The van der Waals surface area contributed by atoms with E-state index < -0.39 is 0 Å². The number of carbonyl (C=O) groups is 1. The molecule has 0 heterocycles. The van der Waals surface area contributed by atoms with Gasteiger partial charge in [0.15, 0.2) is 0 Å². The highest BCUT2D eigenvalue weighted by Gasteiger charge is 1.98. The predicted molar refractivity (Wildman–Crippen MR) is 64.0 cm³/mol. The van der Waals surface area contributed by atoms with Crippen LogP contribution in [-0.4, -0.2) is 39.6 Å². The second kappa shape index (κ2) is 7.56. The van der Waals surface area contributed by atoms with Crippen molar-refractivity contribution in [3.63, 3.8) is 0 Å². The van der Waals surface area contributed by atoms with Crippen molar-refractivity contribution in [1.82, 2.24) is 4.90 Å². The Balaban J connectivity index is 0.000000385. The van der Waals surface area contributed by atoms with Gasteiger partial charge in [0.25, 0.3) is 0 Å². The molecule has 0 atom stereocenters.